The van der Waals surface area contributed by atoms with Crippen LogP contribution in [0, 0.1) is 11.8 Å². The van der Waals surface area contributed by atoms with Crippen molar-refractivity contribution in [1.82, 2.24) is 10.2 Å². The highest BCUT2D eigenvalue weighted by Crippen LogP contribution is 2.28. The molecule has 0 aromatic rings. The van der Waals surface area contributed by atoms with Gasteiger partial charge < -0.3 is 15.0 Å². The van der Waals surface area contributed by atoms with Crippen LogP contribution in [0.1, 0.15) is 51.9 Å². The number of hydrogen-bond donors (Lipinski definition) is 1. The maximum Gasteiger partial charge on any atom is 0.0506 e. The van der Waals surface area contributed by atoms with Gasteiger partial charge in [0.05, 0.1) is 6.61 Å². The zero-order valence-corrected chi connectivity index (χ0v) is 13.6. The molecule has 0 amide bonds. The second kappa shape index (κ2) is 9.01. The van der Waals surface area contributed by atoms with E-state index in [9.17, 15) is 0 Å². The number of hydrogen-bond acceptors (Lipinski definition) is 3. The van der Waals surface area contributed by atoms with Gasteiger partial charge in [-0.15, -0.1) is 0 Å². The SMILES string of the molecule is CCCNC(CN(C)CC1CCCOC1)C1CCCC1. The number of rotatable bonds is 8. The van der Waals surface area contributed by atoms with Crippen LogP contribution in [-0.4, -0.2) is 50.8 Å². The van der Waals surface area contributed by atoms with Gasteiger partial charge in [-0.2, -0.15) is 0 Å². The molecule has 1 N–H and O–H groups in total. The van der Waals surface area contributed by atoms with E-state index in [1.165, 1.54) is 64.6 Å². The van der Waals surface area contributed by atoms with E-state index in [2.05, 4.69) is 24.2 Å². The molecule has 2 rings (SSSR count). The fourth-order valence-corrected chi connectivity index (χ4v) is 3.87. The van der Waals surface area contributed by atoms with Crippen LogP contribution in [0.15, 0.2) is 0 Å². The second-order valence-electron chi connectivity index (χ2n) is 6.91. The van der Waals surface area contributed by atoms with Crippen molar-refractivity contribution in [3.63, 3.8) is 0 Å². The molecule has 2 fully saturated rings. The van der Waals surface area contributed by atoms with Crippen LogP contribution in [0.4, 0.5) is 0 Å². The average molecular weight is 282 g/mol. The van der Waals surface area contributed by atoms with E-state index in [0.29, 0.717) is 6.04 Å². The van der Waals surface area contributed by atoms with Crippen molar-refractivity contribution in [1.29, 1.82) is 0 Å². The Morgan fingerprint density at radius 1 is 1.20 bits per heavy atom. The number of nitrogens with zero attached hydrogens (tertiary/aromatic N) is 1. The molecule has 2 aliphatic rings. The van der Waals surface area contributed by atoms with Crippen LogP contribution in [0.2, 0.25) is 0 Å². The van der Waals surface area contributed by atoms with Crippen LogP contribution < -0.4 is 5.32 Å². The first-order valence-corrected chi connectivity index (χ1v) is 8.79. The Balaban J connectivity index is 1.75. The molecule has 20 heavy (non-hydrogen) atoms. The van der Waals surface area contributed by atoms with Gasteiger partial charge in [0, 0.05) is 25.7 Å². The number of likely N-dealkylation sites (N-methyl/N-ethyl adjacent to an activating group) is 1. The van der Waals surface area contributed by atoms with Gasteiger partial charge in [0.25, 0.3) is 0 Å². The summed E-state index contributed by atoms with van der Waals surface area (Å²) in [5.74, 6) is 1.66. The predicted molar refractivity (Wildman–Crippen MR) is 85.1 cm³/mol. The predicted octanol–water partition coefficient (Wildman–Crippen LogP) is 2.90. The van der Waals surface area contributed by atoms with Crippen LogP contribution >= 0.6 is 0 Å². The van der Waals surface area contributed by atoms with Crippen molar-refractivity contribution in [2.45, 2.75) is 57.9 Å². The summed E-state index contributed by atoms with van der Waals surface area (Å²) in [6.07, 6.45) is 9.58. The molecule has 2 unspecified atom stereocenters. The topological polar surface area (TPSA) is 24.5 Å². The van der Waals surface area contributed by atoms with E-state index in [4.69, 9.17) is 4.74 Å². The van der Waals surface area contributed by atoms with Gasteiger partial charge in [-0.1, -0.05) is 19.8 Å². The highest BCUT2D eigenvalue weighted by atomic mass is 16.5. The summed E-state index contributed by atoms with van der Waals surface area (Å²) in [7, 11) is 2.30. The van der Waals surface area contributed by atoms with Gasteiger partial charge in [-0.25, -0.2) is 0 Å². The zero-order valence-electron chi connectivity index (χ0n) is 13.6. The second-order valence-corrected chi connectivity index (χ2v) is 6.91. The maximum atomic E-state index is 5.61. The van der Waals surface area contributed by atoms with Crippen LogP contribution in [0.5, 0.6) is 0 Å². The van der Waals surface area contributed by atoms with Gasteiger partial charge in [0.2, 0.25) is 0 Å². The molecule has 1 saturated heterocycles. The lowest BCUT2D eigenvalue weighted by Gasteiger charge is -2.32. The lowest BCUT2D eigenvalue weighted by molar-refractivity contribution is 0.0400. The molecular weight excluding hydrogens is 248 g/mol. The van der Waals surface area contributed by atoms with Gasteiger partial charge in [-0.05, 0) is 57.5 Å². The van der Waals surface area contributed by atoms with Gasteiger partial charge >= 0.3 is 0 Å². The Morgan fingerprint density at radius 3 is 2.65 bits per heavy atom. The standard InChI is InChI=1S/C17H34N2O/c1-3-10-18-17(16-8-4-5-9-16)13-19(2)12-15-7-6-11-20-14-15/h15-18H,3-14H2,1-2H3. The van der Waals surface area contributed by atoms with E-state index in [1.54, 1.807) is 0 Å². The smallest absolute Gasteiger partial charge is 0.0506 e. The zero-order chi connectivity index (χ0) is 14.2. The Labute approximate surface area is 125 Å². The molecule has 1 heterocycles. The molecule has 0 bridgehead atoms. The maximum absolute atomic E-state index is 5.61. The number of ether oxygens (including phenoxy) is 1. The molecule has 0 radical (unpaired) electrons. The van der Waals surface area contributed by atoms with Crippen molar-refractivity contribution >= 4 is 0 Å². The first kappa shape index (κ1) is 16.3. The first-order valence-electron chi connectivity index (χ1n) is 8.79. The third-order valence-corrected chi connectivity index (χ3v) is 4.96. The van der Waals surface area contributed by atoms with E-state index in [1.807, 2.05) is 0 Å². The van der Waals surface area contributed by atoms with Gasteiger partial charge in [0.1, 0.15) is 0 Å². The van der Waals surface area contributed by atoms with Crippen molar-refractivity contribution in [2.75, 3.05) is 39.9 Å². The molecule has 0 aromatic heterocycles. The lowest BCUT2D eigenvalue weighted by atomic mass is 9.96. The summed E-state index contributed by atoms with van der Waals surface area (Å²) in [5, 5.41) is 3.81. The van der Waals surface area contributed by atoms with Crippen molar-refractivity contribution in [3.05, 3.63) is 0 Å². The van der Waals surface area contributed by atoms with Gasteiger partial charge in [0.15, 0.2) is 0 Å². The average Bonchev–Trinajstić information content (AvgIpc) is 2.98. The molecule has 3 nitrogen and oxygen atoms in total. The van der Waals surface area contributed by atoms with Crippen molar-refractivity contribution in [3.8, 4) is 0 Å². The summed E-state index contributed by atoms with van der Waals surface area (Å²) in [5.41, 5.74) is 0. The van der Waals surface area contributed by atoms with E-state index in [0.717, 1.165) is 25.0 Å². The molecule has 1 saturated carbocycles. The summed E-state index contributed by atoms with van der Waals surface area (Å²) < 4.78 is 5.61. The van der Waals surface area contributed by atoms with Crippen LogP contribution in [0.3, 0.4) is 0 Å². The molecule has 3 heteroatoms. The Hall–Kier alpha value is -0.120. The quantitative estimate of drug-likeness (QED) is 0.741. The van der Waals surface area contributed by atoms with E-state index >= 15 is 0 Å². The fraction of sp³-hybridized carbons (Fsp3) is 1.00. The summed E-state index contributed by atoms with van der Waals surface area (Å²) in [6.45, 7) is 7.80. The summed E-state index contributed by atoms with van der Waals surface area (Å²) >= 11 is 0. The molecule has 2 atom stereocenters. The highest BCUT2D eigenvalue weighted by Gasteiger charge is 2.26. The lowest BCUT2D eigenvalue weighted by Crippen LogP contribution is -2.45. The minimum Gasteiger partial charge on any atom is -0.381 e. The van der Waals surface area contributed by atoms with Gasteiger partial charge in [-0.3, -0.25) is 0 Å². The molecule has 118 valence electrons. The monoisotopic (exact) mass is 282 g/mol. The summed E-state index contributed by atoms with van der Waals surface area (Å²) in [6, 6.07) is 0.701. The van der Waals surface area contributed by atoms with Crippen LogP contribution in [-0.2, 0) is 4.74 Å². The molecule has 0 spiro atoms. The Morgan fingerprint density at radius 2 is 2.00 bits per heavy atom. The highest BCUT2D eigenvalue weighted by molar-refractivity contribution is 4.83. The first-order chi connectivity index (χ1) is 9.79. The van der Waals surface area contributed by atoms with E-state index < -0.39 is 0 Å². The molecule has 0 aromatic carbocycles. The minimum atomic E-state index is 0.701. The molecular formula is C17H34N2O. The Bertz CT molecular complexity index is 247. The van der Waals surface area contributed by atoms with Crippen molar-refractivity contribution in [2.24, 2.45) is 11.8 Å². The van der Waals surface area contributed by atoms with Crippen molar-refractivity contribution < 1.29 is 4.74 Å². The molecule has 1 aliphatic heterocycles. The Kier molecular flexibility index (Phi) is 7.32. The fourth-order valence-electron chi connectivity index (χ4n) is 3.87. The molecule has 1 aliphatic carbocycles. The minimum absolute atomic E-state index is 0.701. The normalized spacial score (nSPS) is 26.2. The van der Waals surface area contributed by atoms with Crippen LogP contribution in [0.25, 0.3) is 0 Å². The number of nitrogens with one attached hydrogen (secondary N) is 1. The third-order valence-electron chi connectivity index (χ3n) is 4.96. The largest absolute Gasteiger partial charge is 0.381 e. The van der Waals surface area contributed by atoms with E-state index in [-0.39, 0.29) is 0 Å². The third kappa shape index (κ3) is 5.34. The summed E-state index contributed by atoms with van der Waals surface area (Å²) in [4.78, 5) is 2.55.